The van der Waals surface area contributed by atoms with Gasteiger partial charge >= 0.3 is 0 Å². The third-order valence-corrected chi connectivity index (χ3v) is 3.45. The van der Waals surface area contributed by atoms with Crippen LogP contribution < -0.4 is 10.6 Å². The van der Waals surface area contributed by atoms with Gasteiger partial charge in [-0.25, -0.2) is 0 Å². The van der Waals surface area contributed by atoms with Crippen LogP contribution in [0, 0.1) is 0 Å². The second kappa shape index (κ2) is 7.72. The van der Waals surface area contributed by atoms with E-state index in [0.717, 1.165) is 16.8 Å². The zero-order valence-electron chi connectivity index (χ0n) is 14.3. The fourth-order valence-electron chi connectivity index (χ4n) is 2.35. The lowest BCUT2D eigenvalue weighted by Crippen LogP contribution is -2.14. The van der Waals surface area contributed by atoms with Gasteiger partial charge in [0.1, 0.15) is 0 Å². The third-order valence-electron chi connectivity index (χ3n) is 3.45. The predicted molar refractivity (Wildman–Crippen MR) is 99.7 cm³/mol. The molecule has 0 atom stereocenters. The van der Waals surface area contributed by atoms with E-state index in [9.17, 15) is 5.11 Å². The molecule has 0 unspecified atom stereocenters. The maximum atomic E-state index is 9.29. The Balaban J connectivity index is 1.96. The molecule has 0 bridgehead atoms. The summed E-state index contributed by atoms with van der Waals surface area (Å²) in [6.07, 6.45) is 0. The fourth-order valence-corrected chi connectivity index (χ4v) is 2.35. The van der Waals surface area contributed by atoms with Gasteiger partial charge in [-0.05, 0) is 31.5 Å². The molecule has 0 radical (unpaired) electrons. The molecule has 0 amide bonds. The highest BCUT2D eigenvalue weighted by Crippen LogP contribution is 2.21. The van der Waals surface area contributed by atoms with Crippen molar-refractivity contribution in [2.75, 3.05) is 10.6 Å². The van der Waals surface area contributed by atoms with Gasteiger partial charge in [-0.1, -0.05) is 42.5 Å². The summed E-state index contributed by atoms with van der Waals surface area (Å²) in [6.45, 7) is 4.05. The summed E-state index contributed by atoms with van der Waals surface area (Å²) in [5.74, 6) is 1.57. The van der Waals surface area contributed by atoms with Gasteiger partial charge < -0.3 is 15.7 Å². The van der Waals surface area contributed by atoms with Crippen LogP contribution in [0.5, 0.6) is 0 Å². The predicted octanol–water partition coefficient (Wildman–Crippen LogP) is 3.59. The largest absolute Gasteiger partial charge is 0.392 e. The van der Waals surface area contributed by atoms with Crippen molar-refractivity contribution in [3.63, 3.8) is 0 Å². The van der Waals surface area contributed by atoms with Crippen LogP contribution in [0.1, 0.15) is 19.4 Å². The summed E-state index contributed by atoms with van der Waals surface area (Å²) in [6, 6.07) is 17.5. The monoisotopic (exact) mass is 335 g/mol. The zero-order chi connectivity index (χ0) is 17.6. The highest BCUT2D eigenvalue weighted by atomic mass is 16.3. The van der Waals surface area contributed by atoms with Crippen LogP contribution in [-0.2, 0) is 6.61 Å². The lowest BCUT2D eigenvalue weighted by molar-refractivity contribution is 0.282. The second-order valence-corrected chi connectivity index (χ2v) is 5.95. The van der Waals surface area contributed by atoms with E-state index in [2.05, 4.69) is 25.6 Å². The van der Waals surface area contributed by atoms with Gasteiger partial charge in [0.15, 0.2) is 5.82 Å². The van der Waals surface area contributed by atoms with Gasteiger partial charge in [-0.2, -0.15) is 15.0 Å². The minimum atomic E-state index is -0.0118. The molecule has 2 aromatic carbocycles. The molecular weight excluding hydrogens is 314 g/mol. The van der Waals surface area contributed by atoms with Crippen LogP contribution >= 0.6 is 0 Å². The van der Waals surface area contributed by atoms with E-state index in [1.165, 1.54) is 0 Å². The molecule has 0 aliphatic carbocycles. The Morgan fingerprint density at radius 3 is 2.40 bits per heavy atom. The second-order valence-electron chi connectivity index (χ2n) is 5.95. The van der Waals surface area contributed by atoms with E-state index >= 15 is 0 Å². The average Bonchev–Trinajstić information content (AvgIpc) is 2.62. The number of nitrogens with zero attached hydrogens (tertiary/aromatic N) is 3. The van der Waals surface area contributed by atoms with Gasteiger partial charge in [0, 0.05) is 17.3 Å². The van der Waals surface area contributed by atoms with Crippen LogP contribution in [0.15, 0.2) is 54.6 Å². The van der Waals surface area contributed by atoms with Crippen LogP contribution in [-0.4, -0.2) is 26.1 Å². The zero-order valence-corrected chi connectivity index (χ0v) is 14.3. The normalized spacial score (nSPS) is 10.7. The van der Waals surface area contributed by atoms with Gasteiger partial charge in [-0.15, -0.1) is 0 Å². The van der Waals surface area contributed by atoms with E-state index < -0.39 is 0 Å². The summed E-state index contributed by atoms with van der Waals surface area (Å²) >= 11 is 0. The molecule has 6 nitrogen and oxygen atoms in total. The Morgan fingerprint density at radius 2 is 1.68 bits per heavy atom. The molecule has 3 rings (SSSR count). The van der Waals surface area contributed by atoms with E-state index in [4.69, 9.17) is 0 Å². The fraction of sp³-hybridized carbons (Fsp3) is 0.211. The summed E-state index contributed by atoms with van der Waals surface area (Å²) in [5.41, 5.74) is 2.55. The Hall–Kier alpha value is -2.99. The van der Waals surface area contributed by atoms with Crippen LogP contribution in [0.2, 0.25) is 0 Å². The number of hydrogen-bond acceptors (Lipinski definition) is 6. The first-order chi connectivity index (χ1) is 12.1. The van der Waals surface area contributed by atoms with Crippen molar-refractivity contribution in [1.29, 1.82) is 0 Å². The maximum absolute atomic E-state index is 9.29. The van der Waals surface area contributed by atoms with Gasteiger partial charge in [0.05, 0.1) is 6.61 Å². The maximum Gasteiger partial charge on any atom is 0.232 e. The topological polar surface area (TPSA) is 83.0 Å². The Kier molecular flexibility index (Phi) is 5.20. The molecule has 0 saturated carbocycles. The number of aliphatic hydroxyl groups excluding tert-OH is 1. The Morgan fingerprint density at radius 1 is 0.920 bits per heavy atom. The standard InChI is InChI=1S/C19H21N5O/c1-13(2)20-18-22-17(15-8-4-3-5-9-15)23-19(24-18)21-16-10-6-7-14(11-16)12-25/h3-11,13,25H,12H2,1-2H3,(H2,20,21,22,23,24). The first-order valence-corrected chi connectivity index (χ1v) is 8.19. The molecule has 0 spiro atoms. The molecule has 0 fully saturated rings. The van der Waals surface area contributed by atoms with Crippen LogP contribution in [0.4, 0.5) is 17.6 Å². The number of rotatable bonds is 6. The van der Waals surface area contributed by atoms with Crippen molar-refractivity contribution in [2.45, 2.75) is 26.5 Å². The minimum Gasteiger partial charge on any atom is -0.392 e. The third kappa shape index (κ3) is 4.51. The molecule has 0 saturated heterocycles. The van der Waals surface area contributed by atoms with Crippen LogP contribution in [0.25, 0.3) is 11.4 Å². The van der Waals surface area contributed by atoms with Crippen molar-refractivity contribution in [1.82, 2.24) is 15.0 Å². The first-order valence-electron chi connectivity index (χ1n) is 8.19. The lowest BCUT2D eigenvalue weighted by Gasteiger charge is -2.12. The van der Waals surface area contributed by atoms with Crippen molar-refractivity contribution < 1.29 is 5.11 Å². The molecular formula is C19H21N5O. The number of aromatic nitrogens is 3. The number of benzene rings is 2. The molecule has 3 aromatic rings. The highest BCUT2D eigenvalue weighted by molar-refractivity contribution is 5.61. The average molecular weight is 335 g/mol. The highest BCUT2D eigenvalue weighted by Gasteiger charge is 2.10. The SMILES string of the molecule is CC(C)Nc1nc(Nc2cccc(CO)c2)nc(-c2ccccc2)n1. The molecule has 3 N–H and O–H groups in total. The summed E-state index contributed by atoms with van der Waals surface area (Å²) in [5, 5.41) is 15.7. The number of nitrogens with one attached hydrogen (secondary N) is 2. The molecule has 128 valence electrons. The van der Waals surface area contributed by atoms with Gasteiger partial charge in [0.25, 0.3) is 0 Å². The molecule has 0 aliphatic rings. The molecule has 0 aliphatic heterocycles. The van der Waals surface area contributed by atoms with Crippen molar-refractivity contribution in [3.8, 4) is 11.4 Å². The lowest BCUT2D eigenvalue weighted by atomic mass is 10.2. The van der Waals surface area contributed by atoms with E-state index in [-0.39, 0.29) is 12.6 Å². The minimum absolute atomic E-state index is 0.0118. The molecule has 1 heterocycles. The summed E-state index contributed by atoms with van der Waals surface area (Å²) in [7, 11) is 0. The van der Waals surface area contributed by atoms with E-state index in [1.807, 2.05) is 68.4 Å². The summed E-state index contributed by atoms with van der Waals surface area (Å²) in [4.78, 5) is 13.5. The number of aliphatic hydroxyl groups is 1. The van der Waals surface area contributed by atoms with Crippen molar-refractivity contribution in [2.24, 2.45) is 0 Å². The molecule has 6 heteroatoms. The Labute approximate surface area is 147 Å². The quantitative estimate of drug-likeness (QED) is 0.638. The number of anilines is 3. The van der Waals surface area contributed by atoms with Crippen LogP contribution in [0.3, 0.4) is 0 Å². The van der Waals surface area contributed by atoms with Crippen molar-refractivity contribution in [3.05, 3.63) is 60.2 Å². The van der Waals surface area contributed by atoms with E-state index in [0.29, 0.717) is 17.7 Å². The van der Waals surface area contributed by atoms with Crippen molar-refractivity contribution >= 4 is 17.6 Å². The Bertz CT molecular complexity index is 836. The summed E-state index contributed by atoms with van der Waals surface area (Å²) < 4.78 is 0. The van der Waals surface area contributed by atoms with Gasteiger partial charge in [0.2, 0.25) is 11.9 Å². The van der Waals surface area contributed by atoms with E-state index in [1.54, 1.807) is 0 Å². The first kappa shape index (κ1) is 16.9. The van der Waals surface area contributed by atoms with Gasteiger partial charge in [-0.3, -0.25) is 0 Å². The number of hydrogen-bond donors (Lipinski definition) is 3. The molecule has 1 aromatic heterocycles. The molecule has 25 heavy (non-hydrogen) atoms. The smallest absolute Gasteiger partial charge is 0.232 e.